The van der Waals surface area contributed by atoms with E-state index < -0.39 is 266 Å². The smallest absolute Gasteiger partial charge is 0.407 e. The highest BCUT2D eigenvalue weighted by atomic mass is 16.6. The minimum atomic E-state index is -1.88. The van der Waals surface area contributed by atoms with Gasteiger partial charge in [0.1, 0.15) is 52.2 Å². The van der Waals surface area contributed by atoms with Gasteiger partial charge in [-0.25, -0.2) is 24.0 Å². The summed E-state index contributed by atoms with van der Waals surface area (Å²) in [6, 6.07) is -3.30. The van der Waals surface area contributed by atoms with Crippen molar-refractivity contribution in [2.24, 2.45) is 23.7 Å². The molecule has 1 aromatic carbocycles. The maximum atomic E-state index is 15.5. The van der Waals surface area contributed by atoms with Crippen LogP contribution in [-0.4, -0.2) is 240 Å². The Morgan fingerprint density at radius 3 is 1.39 bits per heavy atom. The van der Waals surface area contributed by atoms with Crippen LogP contribution in [0.1, 0.15) is 234 Å². The van der Waals surface area contributed by atoms with E-state index in [0.29, 0.717) is 12.0 Å². The summed E-state index contributed by atoms with van der Waals surface area (Å²) in [6.45, 7) is 29.4. The summed E-state index contributed by atoms with van der Waals surface area (Å²) >= 11 is 0. The molecule has 1 fully saturated rings. The lowest BCUT2D eigenvalue weighted by Gasteiger charge is -2.28. The third-order valence-electron chi connectivity index (χ3n) is 17.7. The van der Waals surface area contributed by atoms with E-state index in [1.165, 1.54) is 0 Å². The molecule has 0 bridgehead atoms. The average Bonchev–Trinajstić information content (AvgIpc) is 1.34. The number of ether oxygens (including phenoxy) is 6. The Bertz CT molecular complexity index is 3620. The maximum Gasteiger partial charge on any atom is 0.407 e. The predicted octanol–water partition coefficient (Wildman–Crippen LogP) is 4.37. The molecule has 38 heteroatoms. The summed E-state index contributed by atoms with van der Waals surface area (Å²) in [4.78, 5) is 241. The molecule has 0 aliphatic carbocycles. The molecular weight excluding hydrogens is 1580 g/mol. The molecule has 1 aliphatic rings. The Morgan fingerprint density at radius 2 is 0.917 bits per heavy atom. The fourth-order valence-electron chi connectivity index (χ4n) is 11.9. The van der Waals surface area contributed by atoms with Crippen molar-refractivity contribution in [3.8, 4) is 0 Å². The highest BCUT2D eigenvalue weighted by Crippen LogP contribution is 2.22. The van der Waals surface area contributed by atoms with Gasteiger partial charge >= 0.3 is 36.4 Å². The van der Waals surface area contributed by atoms with E-state index in [1.54, 1.807) is 148 Å². The summed E-state index contributed by atoms with van der Waals surface area (Å²) in [5.41, 5.74) is -4.47. The van der Waals surface area contributed by atoms with Crippen LogP contribution in [0.4, 0.5) is 24.0 Å². The number of carbonyl (C=O) groups excluding carboxylic acids is 17. The Balaban J connectivity index is 3.11. The minimum absolute atomic E-state index is 0.104. The molecule has 15 N–H and O–H groups in total. The second kappa shape index (κ2) is 51.5. The summed E-state index contributed by atoms with van der Waals surface area (Å²) in [5, 5.41) is 56.2. The van der Waals surface area contributed by atoms with Gasteiger partial charge in [-0.05, 0) is 181 Å². The molecule has 12 atom stereocenters. The number of esters is 1. The van der Waals surface area contributed by atoms with E-state index in [0.717, 1.165) is 20.3 Å². The van der Waals surface area contributed by atoms with Crippen LogP contribution in [0.2, 0.25) is 0 Å². The molecule has 1 saturated heterocycles. The molecule has 0 radical (unpaired) electrons. The standard InChI is InChI=1S/C83H137N13O25/c1-21-22-42-116-65(103)29-28-64(102)90-55(32-38-86-75(112)118-80(9,10)11)63(101)47-54(49(4)97)69(106)91-56(33-39-87-76(113)119-81(12,13)14)61(99)45-52-30-36-84-73(110)66(50(5)98)96-68(105)53(31-37-85-74(111)117-79(6,7)8)46-62(100)57(34-40-88-77(114)120-82(15,16)17)92-71(108)59(43-48(2)3)94-72(109)60(44-51-26-24-23-25-27-51)95-70(107)58(93-67(52)104)35-41-89-78(115)121-83(18,19)20/h23-27,48-50,52-60,66,97-98H,21-22,28-47H2,1-20H3,(H,84,110)(H,85,111)(H,86,112)(H,87,113)(H,88,114)(H,89,115)(H,90,102)(H,91,106)(H,92,108)(H,93,104)(H,94,109)(H,95,107)(H,96,105)/t49?,50?,52-,53-,54+,55+,56+,57+,58+,59+,60-,66+/m1/s1. The minimum Gasteiger partial charge on any atom is -0.466 e. The van der Waals surface area contributed by atoms with Crippen LogP contribution < -0.4 is 69.1 Å². The number of benzene rings is 1. The number of carbonyl (C=O) groups is 17. The molecule has 2 rings (SSSR count). The number of nitrogens with one attached hydrogen (secondary N) is 13. The van der Waals surface area contributed by atoms with Crippen molar-refractivity contribution in [2.75, 3.05) is 45.9 Å². The van der Waals surface area contributed by atoms with Gasteiger partial charge in [0.2, 0.25) is 47.3 Å². The molecule has 13 amide bonds. The zero-order chi connectivity index (χ0) is 91.9. The number of ketones is 3. The number of hydrogen-bond donors (Lipinski definition) is 15. The number of unbranched alkanes of at least 4 members (excludes halogenated alkanes) is 1. The molecule has 1 aromatic rings. The van der Waals surface area contributed by atoms with Crippen LogP contribution in [0, 0.1) is 23.7 Å². The van der Waals surface area contributed by atoms with Gasteiger partial charge < -0.3 is 108 Å². The molecule has 0 aromatic heterocycles. The Kier molecular flexibility index (Phi) is 45.4. The average molecular weight is 1720 g/mol. The fourth-order valence-corrected chi connectivity index (χ4v) is 11.9. The third kappa shape index (κ3) is 46.9. The van der Waals surface area contributed by atoms with E-state index in [1.807, 2.05) is 6.92 Å². The van der Waals surface area contributed by atoms with E-state index in [9.17, 15) is 72.5 Å². The van der Waals surface area contributed by atoms with Gasteiger partial charge in [-0.2, -0.15) is 0 Å². The lowest BCUT2D eigenvalue weighted by Crippen LogP contribution is -2.59. The molecule has 121 heavy (non-hydrogen) atoms. The number of aliphatic hydroxyl groups excluding tert-OH is 2. The highest BCUT2D eigenvalue weighted by Gasteiger charge is 2.40. The lowest BCUT2D eigenvalue weighted by atomic mass is 9.90. The van der Waals surface area contributed by atoms with Gasteiger partial charge in [0.25, 0.3) is 0 Å². The normalized spacial score (nSPS) is 19.7. The third-order valence-corrected chi connectivity index (χ3v) is 17.7. The van der Waals surface area contributed by atoms with Gasteiger partial charge in [-0.3, -0.25) is 57.5 Å². The first-order chi connectivity index (χ1) is 56.0. The van der Waals surface area contributed by atoms with Crippen LogP contribution in [0.3, 0.4) is 0 Å². The number of amides is 13. The first kappa shape index (κ1) is 107. The molecular formula is C83H137N13O25. The monoisotopic (exact) mass is 1720 g/mol. The fraction of sp³-hybridized carbons (Fsp3) is 0.723. The largest absolute Gasteiger partial charge is 0.466 e. The Labute approximate surface area is 710 Å². The highest BCUT2D eigenvalue weighted by molar-refractivity contribution is 5.99. The van der Waals surface area contributed by atoms with Crippen molar-refractivity contribution in [1.29, 1.82) is 0 Å². The number of alkyl carbamates (subject to hydrolysis) is 5. The molecule has 0 spiro atoms. The van der Waals surface area contributed by atoms with Crippen molar-refractivity contribution in [3.05, 3.63) is 35.9 Å². The Morgan fingerprint density at radius 1 is 0.488 bits per heavy atom. The Hall–Kier alpha value is -10.3. The van der Waals surface area contributed by atoms with Crippen molar-refractivity contribution >= 4 is 101 Å². The van der Waals surface area contributed by atoms with E-state index in [4.69, 9.17) is 28.4 Å². The van der Waals surface area contributed by atoms with Gasteiger partial charge in [-0.1, -0.05) is 57.5 Å². The SMILES string of the molecule is CCCCOC(=O)CCC(=O)N[C@@H](CCNC(=O)OC(C)(C)C)C(=O)C[C@H](C(=O)N[C@@H](CCNC(=O)OC(C)(C)C)C(=O)C[C@H]1CCNC(=O)[C@H](C(C)O)NC(=O)[C@H](CCNC(=O)OC(C)(C)C)CC(=O)[C@H](CCNC(=O)OC(C)(C)C)NC(=O)[C@H](CC(C)C)NC(=O)[C@@H](Cc2ccccc2)NC(=O)[C@H](CCNC(=O)OC(C)(C)C)NC1=O)C(C)O. The summed E-state index contributed by atoms with van der Waals surface area (Å²) in [7, 11) is 0. The number of rotatable bonds is 36. The van der Waals surface area contributed by atoms with Crippen LogP contribution in [-0.2, 0) is 92.4 Å². The van der Waals surface area contributed by atoms with Gasteiger partial charge in [0.15, 0.2) is 17.3 Å². The molecule has 2 unspecified atom stereocenters. The van der Waals surface area contributed by atoms with Crippen LogP contribution in [0.25, 0.3) is 0 Å². The first-order valence-corrected chi connectivity index (χ1v) is 41.4. The zero-order valence-corrected chi connectivity index (χ0v) is 74.2. The first-order valence-electron chi connectivity index (χ1n) is 41.4. The maximum absolute atomic E-state index is 15.5. The second-order valence-corrected chi connectivity index (χ2v) is 35.5. The van der Waals surface area contributed by atoms with E-state index >= 15 is 19.2 Å². The van der Waals surface area contributed by atoms with Gasteiger partial charge in [-0.15, -0.1) is 0 Å². The van der Waals surface area contributed by atoms with Crippen molar-refractivity contribution in [3.63, 3.8) is 0 Å². The molecule has 684 valence electrons. The predicted molar refractivity (Wildman–Crippen MR) is 443 cm³/mol. The molecule has 1 aliphatic heterocycles. The van der Waals surface area contributed by atoms with Gasteiger partial charge in [0.05, 0.1) is 49.3 Å². The van der Waals surface area contributed by atoms with E-state index in [2.05, 4.69) is 69.1 Å². The molecule has 38 nitrogen and oxygen atoms in total. The van der Waals surface area contributed by atoms with Crippen LogP contribution in [0.5, 0.6) is 0 Å². The summed E-state index contributed by atoms with van der Waals surface area (Å²) in [5.74, 6) is -16.9. The van der Waals surface area contributed by atoms with Crippen molar-refractivity contribution in [2.45, 2.75) is 317 Å². The van der Waals surface area contributed by atoms with Crippen LogP contribution >= 0.6 is 0 Å². The number of hydrogen-bond acceptors (Lipinski definition) is 25. The van der Waals surface area contributed by atoms with Crippen molar-refractivity contribution < 1.29 is 120 Å². The van der Waals surface area contributed by atoms with Gasteiger partial charge in [0, 0.05) is 83.2 Å². The topological polar surface area (TPSA) is 542 Å². The summed E-state index contributed by atoms with van der Waals surface area (Å²) < 4.78 is 32.2. The van der Waals surface area contributed by atoms with Crippen molar-refractivity contribution in [1.82, 2.24) is 69.1 Å². The molecule has 0 saturated carbocycles. The van der Waals surface area contributed by atoms with Crippen LogP contribution in [0.15, 0.2) is 30.3 Å². The van der Waals surface area contributed by atoms with E-state index in [-0.39, 0.29) is 70.7 Å². The summed E-state index contributed by atoms with van der Waals surface area (Å²) in [6.07, 6.45) is -13.0. The second-order valence-electron chi connectivity index (χ2n) is 35.5. The zero-order valence-electron chi connectivity index (χ0n) is 74.2. The molecule has 1 heterocycles. The number of aliphatic hydroxyl groups is 2. The quantitative estimate of drug-likeness (QED) is 0.0252. The number of Topliss-reactive ketones (excluding diaryl/α,β-unsaturated/α-hetero) is 3. The lowest BCUT2D eigenvalue weighted by molar-refractivity contribution is -0.145.